The van der Waals surface area contributed by atoms with Crippen LogP contribution in [-0.2, 0) is 9.59 Å². The number of carboxylic acid groups (broad SMARTS) is 1. The Kier molecular flexibility index (Phi) is 5.16. The molecular formula is C16H21NO3. The van der Waals surface area contributed by atoms with Crippen LogP contribution in [0.4, 0.5) is 5.69 Å². The molecule has 1 atom stereocenters. The van der Waals surface area contributed by atoms with Crippen molar-refractivity contribution in [3.63, 3.8) is 0 Å². The van der Waals surface area contributed by atoms with E-state index in [1.54, 1.807) is 0 Å². The highest BCUT2D eigenvalue weighted by Crippen LogP contribution is 2.34. The molecule has 1 fully saturated rings. The number of hydrogen-bond acceptors (Lipinski definition) is 2. The van der Waals surface area contributed by atoms with E-state index in [4.69, 9.17) is 5.11 Å². The molecule has 0 bridgehead atoms. The summed E-state index contributed by atoms with van der Waals surface area (Å²) in [5, 5.41) is 11.8. The summed E-state index contributed by atoms with van der Waals surface area (Å²) < 4.78 is 0. The first kappa shape index (κ1) is 14.6. The van der Waals surface area contributed by atoms with Crippen molar-refractivity contribution in [2.45, 2.75) is 38.5 Å². The second kappa shape index (κ2) is 7.08. The molecule has 1 amide bonds. The van der Waals surface area contributed by atoms with Crippen LogP contribution in [0.1, 0.15) is 38.5 Å². The highest BCUT2D eigenvalue weighted by molar-refractivity contribution is 5.92. The summed E-state index contributed by atoms with van der Waals surface area (Å²) in [6.07, 6.45) is 4.85. The molecule has 1 aromatic rings. The average Bonchev–Trinajstić information content (AvgIpc) is 2.93. The number of rotatable bonds is 6. The van der Waals surface area contributed by atoms with Crippen molar-refractivity contribution >= 4 is 17.6 Å². The van der Waals surface area contributed by atoms with E-state index in [1.807, 2.05) is 30.3 Å². The third-order valence-electron chi connectivity index (χ3n) is 4.02. The lowest BCUT2D eigenvalue weighted by atomic mass is 9.86. The lowest BCUT2D eigenvalue weighted by molar-refractivity contribution is -0.137. The summed E-state index contributed by atoms with van der Waals surface area (Å²) in [7, 11) is 0. The molecular weight excluding hydrogens is 254 g/mol. The largest absolute Gasteiger partial charge is 0.481 e. The Morgan fingerprint density at radius 3 is 2.45 bits per heavy atom. The molecule has 1 saturated carbocycles. The summed E-state index contributed by atoms with van der Waals surface area (Å²) >= 11 is 0. The minimum Gasteiger partial charge on any atom is -0.481 e. The van der Waals surface area contributed by atoms with Gasteiger partial charge < -0.3 is 10.4 Å². The summed E-state index contributed by atoms with van der Waals surface area (Å²) in [6.45, 7) is 0. The van der Waals surface area contributed by atoms with Gasteiger partial charge >= 0.3 is 5.97 Å². The minimum atomic E-state index is -0.833. The fourth-order valence-corrected chi connectivity index (χ4v) is 2.98. The van der Waals surface area contributed by atoms with E-state index < -0.39 is 5.97 Å². The van der Waals surface area contributed by atoms with Gasteiger partial charge in [0.25, 0.3) is 0 Å². The predicted molar refractivity (Wildman–Crippen MR) is 77.4 cm³/mol. The van der Waals surface area contributed by atoms with Crippen molar-refractivity contribution in [1.82, 2.24) is 0 Å². The highest BCUT2D eigenvalue weighted by atomic mass is 16.4. The van der Waals surface area contributed by atoms with Gasteiger partial charge in [-0.3, -0.25) is 9.59 Å². The molecule has 0 heterocycles. The van der Waals surface area contributed by atoms with Crippen molar-refractivity contribution in [3.05, 3.63) is 30.3 Å². The van der Waals surface area contributed by atoms with Crippen LogP contribution < -0.4 is 5.32 Å². The van der Waals surface area contributed by atoms with Crippen molar-refractivity contribution in [2.75, 3.05) is 5.32 Å². The first-order chi connectivity index (χ1) is 9.66. The van der Waals surface area contributed by atoms with E-state index in [9.17, 15) is 9.59 Å². The molecule has 2 rings (SSSR count). The molecule has 108 valence electrons. The number of benzene rings is 1. The maximum Gasteiger partial charge on any atom is 0.303 e. The molecule has 1 aliphatic rings. The fraction of sp³-hybridized carbons (Fsp3) is 0.500. The first-order valence-corrected chi connectivity index (χ1v) is 7.24. The number of amides is 1. The van der Waals surface area contributed by atoms with Gasteiger partial charge in [0.1, 0.15) is 0 Å². The Hall–Kier alpha value is -1.84. The van der Waals surface area contributed by atoms with Gasteiger partial charge in [-0.1, -0.05) is 31.0 Å². The van der Waals surface area contributed by atoms with E-state index in [0.29, 0.717) is 12.3 Å². The number of hydrogen-bond donors (Lipinski definition) is 2. The Balaban J connectivity index is 2.00. The van der Waals surface area contributed by atoms with Crippen LogP contribution in [0.2, 0.25) is 0 Å². The molecule has 0 spiro atoms. The summed E-state index contributed by atoms with van der Waals surface area (Å²) in [4.78, 5) is 23.2. The summed E-state index contributed by atoms with van der Waals surface area (Å²) in [5.41, 5.74) is 0.774. The summed E-state index contributed by atoms with van der Waals surface area (Å²) in [5.74, 6) is -0.725. The number of anilines is 1. The SMILES string of the molecule is O=C(O)CCC(C(=O)Nc1ccccc1)C1CCCC1. The smallest absolute Gasteiger partial charge is 0.303 e. The van der Waals surface area contributed by atoms with Gasteiger partial charge in [0.2, 0.25) is 5.91 Å². The number of carbonyl (C=O) groups excluding carboxylic acids is 1. The quantitative estimate of drug-likeness (QED) is 0.837. The van der Waals surface area contributed by atoms with Crippen LogP contribution in [-0.4, -0.2) is 17.0 Å². The molecule has 2 N–H and O–H groups in total. The Bertz CT molecular complexity index is 452. The monoisotopic (exact) mass is 275 g/mol. The normalized spacial score (nSPS) is 16.8. The average molecular weight is 275 g/mol. The second-order valence-electron chi connectivity index (χ2n) is 5.44. The number of carbonyl (C=O) groups is 2. The van der Waals surface area contributed by atoms with Crippen LogP contribution in [0.25, 0.3) is 0 Å². The Morgan fingerprint density at radius 1 is 1.20 bits per heavy atom. The Morgan fingerprint density at radius 2 is 1.85 bits per heavy atom. The molecule has 1 aliphatic carbocycles. The molecule has 4 nitrogen and oxygen atoms in total. The highest BCUT2D eigenvalue weighted by Gasteiger charge is 2.30. The maximum atomic E-state index is 12.4. The molecule has 4 heteroatoms. The number of nitrogens with one attached hydrogen (secondary N) is 1. The molecule has 20 heavy (non-hydrogen) atoms. The van der Waals surface area contributed by atoms with E-state index in [-0.39, 0.29) is 18.2 Å². The van der Waals surface area contributed by atoms with Gasteiger partial charge in [-0.2, -0.15) is 0 Å². The van der Waals surface area contributed by atoms with Gasteiger partial charge in [0.15, 0.2) is 0 Å². The van der Waals surface area contributed by atoms with Crippen molar-refractivity contribution in [2.24, 2.45) is 11.8 Å². The standard InChI is InChI=1S/C16H21NO3/c18-15(19)11-10-14(12-6-4-5-7-12)16(20)17-13-8-2-1-3-9-13/h1-3,8-9,12,14H,4-7,10-11H2,(H,17,20)(H,18,19). The van der Waals surface area contributed by atoms with Gasteiger partial charge in [-0.25, -0.2) is 0 Å². The summed E-state index contributed by atoms with van der Waals surface area (Å²) in [6, 6.07) is 9.34. The Labute approximate surface area is 119 Å². The maximum absolute atomic E-state index is 12.4. The van der Waals surface area contributed by atoms with Gasteiger partial charge in [-0.05, 0) is 37.3 Å². The van der Waals surface area contributed by atoms with Crippen LogP contribution >= 0.6 is 0 Å². The number of carboxylic acids is 1. The van der Waals surface area contributed by atoms with E-state index >= 15 is 0 Å². The van der Waals surface area contributed by atoms with Crippen LogP contribution in [0, 0.1) is 11.8 Å². The van der Waals surface area contributed by atoms with E-state index in [2.05, 4.69) is 5.32 Å². The van der Waals surface area contributed by atoms with E-state index in [0.717, 1.165) is 31.4 Å². The van der Waals surface area contributed by atoms with Crippen LogP contribution in [0.15, 0.2) is 30.3 Å². The van der Waals surface area contributed by atoms with Crippen molar-refractivity contribution in [3.8, 4) is 0 Å². The van der Waals surface area contributed by atoms with Crippen LogP contribution in [0.3, 0.4) is 0 Å². The third-order valence-corrected chi connectivity index (χ3v) is 4.02. The molecule has 1 aromatic carbocycles. The molecule has 0 aromatic heterocycles. The zero-order valence-corrected chi connectivity index (χ0v) is 11.5. The second-order valence-corrected chi connectivity index (χ2v) is 5.44. The van der Waals surface area contributed by atoms with Crippen LogP contribution in [0.5, 0.6) is 0 Å². The minimum absolute atomic E-state index is 0.0376. The topological polar surface area (TPSA) is 66.4 Å². The molecule has 0 radical (unpaired) electrons. The predicted octanol–water partition coefficient (Wildman–Crippen LogP) is 3.30. The number of para-hydroxylation sites is 1. The van der Waals surface area contributed by atoms with E-state index in [1.165, 1.54) is 0 Å². The van der Waals surface area contributed by atoms with Crippen molar-refractivity contribution in [1.29, 1.82) is 0 Å². The van der Waals surface area contributed by atoms with Gasteiger partial charge in [0, 0.05) is 18.0 Å². The lowest BCUT2D eigenvalue weighted by Crippen LogP contribution is -2.29. The third kappa shape index (κ3) is 4.08. The van der Waals surface area contributed by atoms with Gasteiger partial charge in [-0.15, -0.1) is 0 Å². The zero-order valence-electron chi connectivity index (χ0n) is 11.5. The fourth-order valence-electron chi connectivity index (χ4n) is 2.98. The first-order valence-electron chi connectivity index (χ1n) is 7.24. The van der Waals surface area contributed by atoms with Gasteiger partial charge in [0.05, 0.1) is 0 Å². The lowest BCUT2D eigenvalue weighted by Gasteiger charge is -2.22. The molecule has 0 saturated heterocycles. The zero-order chi connectivity index (χ0) is 14.4. The molecule has 1 unspecified atom stereocenters. The van der Waals surface area contributed by atoms with Crippen molar-refractivity contribution < 1.29 is 14.7 Å². The number of aliphatic carboxylic acids is 1. The molecule has 0 aliphatic heterocycles.